The molecule has 218 valence electrons. The molecule has 1 saturated heterocycles. The van der Waals surface area contributed by atoms with E-state index < -0.39 is 47.7 Å². The van der Waals surface area contributed by atoms with E-state index in [0.717, 1.165) is 16.4 Å². The van der Waals surface area contributed by atoms with Gasteiger partial charge in [0.1, 0.15) is 28.3 Å². The van der Waals surface area contributed by atoms with Gasteiger partial charge in [0, 0.05) is 23.4 Å². The van der Waals surface area contributed by atoms with Gasteiger partial charge in [-0.15, -0.1) is 16.3 Å². The predicted octanol–water partition coefficient (Wildman–Crippen LogP) is -0.767. The number of nitrogens with two attached hydrogens (primary N) is 2. The third-order valence-corrected chi connectivity index (χ3v) is 8.42. The number of allylic oxidation sites excluding steroid dienone is 1. The number of carboxylic acids is 1. The third-order valence-electron chi connectivity index (χ3n) is 5.84. The van der Waals surface area contributed by atoms with Crippen LogP contribution in [-0.2, 0) is 30.6 Å². The summed E-state index contributed by atoms with van der Waals surface area (Å²) in [6.45, 7) is -1.31. The maximum atomic E-state index is 13.0. The molecule has 5 rings (SSSR count). The molecule has 1 fully saturated rings. The van der Waals surface area contributed by atoms with Crippen LogP contribution in [0.1, 0.15) is 5.82 Å². The number of imidazole rings is 1. The first kappa shape index (κ1) is 29.0. The van der Waals surface area contributed by atoms with Crippen molar-refractivity contribution in [3.63, 3.8) is 0 Å². The molecule has 0 aromatic carbocycles. The van der Waals surface area contributed by atoms with Crippen LogP contribution in [0, 0.1) is 0 Å². The summed E-state index contributed by atoms with van der Waals surface area (Å²) >= 11 is 3.25. The number of amides is 3. The number of aliphatic carboxylic acids is 1. The number of carbonyl (C=O) groups excluding carboxylic acids is 3. The number of primary amides is 1. The average Bonchev–Trinajstić information content (AvgIpc) is 3.56. The van der Waals surface area contributed by atoms with Crippen LogP contribution < -0.4 is 21.4 Å². The van der Waals surface area contributed by atoms with Crippen LogP contribution in [0.2, 0.25) is 0 Å². The number of hydrogen-bond acceptors (Lipinski definition) is 13. The second kappa shape index (κ2) is 12.1. The lowest BCUT2D eigenvalue weighted by atomic mass is 10.0. The zero-order valence-electron chi connectivity index (χ0n) is 21.1. The molecule has 2 aliphatic rings. The van der Waals surface area contributed by atoms with Gasteiger partial charge in [0.15, 0.2) is 17.9 Å². The maximum absolute atomic E-state index is 13.0. The topological polar surface area (TPSA) is 224 Å². The second-order valence-corrected chi connectivity index (χ2v) is 11.3. The molecule has 2 aliphatic heterocycles. The summed E-state index contributed by atoms with van der Waals surface area (Å²) in [5.41, 5.74) is 11.2. The molecule has 3 amide bonds. The number of nitrogens with zero attached hydrogens (tertiary/aromatic N) is 7. The number of carboxylic acid groups (broad SMARTS) is 1. The predicted molar refractivity (Wildman–Crippen MR) is 147 cm³/mol. The number of oxime groups is 1. The Balaban J connectivity index is 1.29. The number of aromatic nitrogens is 5. The molecule has 42 heavy (non-hydrogen) atoms. The summed E-state index contributed by atoms with van der Waals surface area (Å²) in [5, 5.41) is 21.8. The third kappa shape index (κ3) is 5.76. The second-order valence-electron chi connectivity index (χ2n) is 8.46. The molecule has 0 spiro atoms. The smallest absolute Gasteiger partial charge is 0.352 e. The first-order valence-corrected chi connectivity index (χ1v) is 14.4. The number of carbonyl (C=O) groups is 4. The van der Waals surface area contributed by atoms with Gasteiger partial charge in [-0.3, -0.25) is 19.3 Å². The highest BCUT2D eigenvalue weighted by Gasteiger charge is 2.54. The number of anilines is 1. The van der Waals surface area contributed by atoms with Crippen LogP contribution >= 0.6 is 35.1 Å². The van der Waals surface area contributed by atoms with E-state index in [1.54, 1.807) is 45.1 Å². The Labute approximate surface area is 247 Å². The van der Waals surface area contributed by atoms with Crippen LogP contribution in [0.3, 0.4) is 0 Å². The van der Waals surface area contributed by atoms with Crippen molar-refractivity contribution in [3.8, 4) is 0 Å². The van der Waals surface area contributed by atoms with Gasteiger partial charge in [0.05, 0.1) is 0 Å². The Morgan fingerprint density at radius 1 is 1.38 bits per heavy atom. The number of fused-ring (bicyclic) bond motifs is 2. The molecule has 3 aromatic rings. The van der Waals surface area contributed by atoms with Crippen molar-refractivity contribution in [1.82, 2.24) is 29.2 Å². The number of thioether (sulfide) groups is 2. The lowest BCUT2D eigenvalue weighted by molar-refractivity contribution is -0.658. The van der Waals surface area contributed by atoms with Crippen molar-refractivity contribution in [2.45, 2.75) is 23.0 Å². The van der Waals surface area contributed by atoms with Gasteiger partial charge in [-0.2, -0.15) is 9.36 Å². The van der Waals surface area contributed by atoms with Crippen molar-refractivity contribution in [3.05, 3.63) is 53.1 Å². The van der Waals surface area contributed by atoms with Crippen molar-refractivity contribution >= 4 is 75.2 Å². The molecule has 0 saturated carbocycles. The number of rotatable bonds is 11. The molecule has 5 heterocycles. The van der Waals surface area contributed by atoms with E-state index >= 15 is 0 Å². The number of β-lactam (4-membered cyclic amide) rings is 1. The summed E-state index contributed by atoms with van der Waals surface area (Å²) in [7, 11) is 0. The van der Waals surface area contributed by atoms with Crippen molar-refractivity contribution in [2.24, 2.45) is 10.9 Å². The summed E-state index contributed by atoms with van der Waals surface area (Å²) in [6, 6.07) is 2.41. The average molecular weight is 636 g/mol. The largest absolute Gasteiger partial charge is 0.477 e. The minimum absolute atomic E-state index is 0.00948. The van der Waals surface area contributed by atoms with E-state index in [9.17, 15) is 28.7 Å². The van der Waals surface area contributed by atoms with Gasteiger partial charge in [0.25, 0.3) is 24.6 Å². The minimum Gasteiger partial charge on any atom is -0.477 e. The van der Waals surface area contributed by atoms with Crippen molar-refractivity contribution < 1.29 is 38.1 Å². The first-order valence-electron chi connectivity index (χ1n) is 11.7. The normalized spacial score (nSPS) is 18.7. The first-order chi connectivity index (χ1) is 20.2. The zero-order valence-corrected chi connectivity index (χ0v) is 23.6. The van der Waals surface area contributed by atoms with Gasteiger partial charge in [-0.05, 0) is 23.1 Å². The standard InChI is InChI=1S/C22H19FN10O6S3/c23-9-39-29-14(17-27-22(25)42-30-17)18(35)26-15-19(36)33-16(21(37)38)10(8-41-20(15)33)3-6-40-12-1-2-13-31(7-11(24)34)4-5-32(13)28-12/h1-6,15,20H,7-9H2,(H5-,24,25,26,27,30,34,35,37,38)/p+1/b6-3+,29-14-/t15-,20-/m1/s1. The number of halogens is 1. The van der Waals surface area contributed by atoms with Crippen LogP contribution in [0.4, 0.5) is 9.52 Å². The lowest BCUT2D eigenvalue weighted by Gasteiger charge is -2.49. The molecule has 6 N–H and O–H groups in total. The fourth-order valence-electron chi connectivity index (χ4n) is 4.11. The van der Waals surface area contributed by atoms with Gasteiger partial charge in [0.2, 0.25) is 11.5 Å². The number of hydrogen-bond donors (Lipinski definition) is 4. The SMILES string of the molecule is NC(=O)C[n+]1ccn2nc(S/C=C/C3=C(C(=O)O)N4C(=O)[C@@H](NC(=O)/C(=N\OCF)c5nsc(N)n5)[C@H]4SC3)ccc21. The highest BCUT2D eigenvalue weighted by Crippen LogP contribution is 2.41. The number of nitrogens with one attached hydrogen (secondary N) is 1. The molecule has 20 heteroatoms. The van der Waals surface area contributed by atoms with Crippen LogP contribution in [-0.4, -0.2) is 82.4 Å². The molecule has 0 aliphatic carbocycles. The van der Waals surface area contributed by atoms with Crippen molar-refractivity contribution in [1.29, 1.82) is 0 Å². The summed E-state index contributed by atoms with van der Waals surface area (Å²) < 4.78 is 19.6. The summed E-state index contributed by atoms with van der Waals surface area (Å²) in [6.07, 6.45) is 4.93. The zero-order chi connectivity index (χ0) is 30.0. The Hall–Kier alpha value is -4.56. The minimum atomic E-state index is -1.32. The van der Waals surface area contributed by atoms with E-state index in [4.69, 9.17) is 11.5 Å². The number of nitrogen functional groups attached to an aromatic ring is 1. The van der Waals surface area contributed by atoms with Gasteiger partial charge in [-0.1, -0.05) is 22.0 Å². The molecule has 0 unspecified atom stereocenters. The molecule has 16 nitrogen and oxygen atoms in total. The molecule has 0 bridgehead atoms. The van der Waals surface area contributed by atoms with Crippen LogP contribution in [0.25, 0.3) is 5.65 Å². The molecule has 0 radical (unpaired) electrons. The van der Waals surface area contributed by atoms with E-state index in [0.29, 0.717) is 16.2 Å². The summed E-state index contributed by atoms with van der Waals surface area (Å²) in [5.74, 6) is -3.36. The van der Waals surface area contributed by atoms with Crippen LogP contribution in [0.15, 0.2) is 57.5 Å². The highest BCUT2D eigenvalue weighted by atomic mass is 32.2. The van der Waals surface area contributed by atoms with Gasteiger partial charge >= 0.3 is 11.6 Å². The van der Waals surface area contributed by atoms with E-state index in [1.165, 1.54) is 23.5 Å². The van der Waals surface area contributed by atoms with E-state index in [1.807, 2.05) is 0 Å². The lowest BCUT2D eigenvalue weighted by Crippen LogP contribution is -2.71. The maximum Gasteiger partial charge on any atom is 0.352 e. The van der Waals surface area contributed by atoms with Gasteiger partial charge < -0.3 is 26.7 Å². The monoisotopic (exact) mass is 635 g/mol. The molecular formula is C22H20FN10O6S3+. The van der Waals surface area contributed by atoms with Crippen LogP contribution in [0.5, 0.6) is 0 Å². The highest BCUT2D eigenvalue weighted by molar-refractivity contribution is 8.02. The van der Waals surface area contributed by atoms with Gasteiger partial charge in [-0.25, -0.2) is 13.8 Å². The Kier molecular flexibility index (Phi) is 8.36. The molecule has 3 aromatic heterocycles. The molecular weight excluding hydrogens is 616 g/mol. The van der Waals surface area contributed by atoms with Crippen molar-refractivity contribution in [2.75, 3.05) is 18.3 Å². The Morgan fingerprint density at radius 3 is 2.88 bits per heavy atom. The summed E-state index contributed by atoms with van der Waals surface area (Å²) in [4.78, 5) is 58.5. The Morgan fingerprint density at radius 2 is 2.19 bits per heavy atom. The fraction of sp³-hybridized carbons (Fsp3) is 0.227. The molecule has 2 atom stereocenters. The van der Waals surface area contributed by atoms with E-state index in [-0.39, 0.29) is 29.0 Å². The fourth-order valence-corrected chi connectivity index (χ4v) is 6.51. The van der Waals surface area contributed by atoms with E-state index in [2.05, 4.69) is 29.8 Å². The Bertz CT molecular complexity index is 1690. The quantitative estimate of drug-likeness (QED) is 0.0670. The number of alkyl halides is 1.